The number of aliphatic hydroxyl groups is 1. The van der Waals surface area contributed by atoms with Crippen LogP contribution in [0, 0.1) is 109 Å². The molecule has 7 aromatic carbocycles. The van der Waals surface area contributed by atoms with Crippen LogP contribution in [0.5, 0.6) is 23.0 Å². The molecule has 109 heavy (non-hydrogen) atoms. The molecule has 0 bridgehead atoms. The van der Waals surface area contributed by atoms with Crippen LogP contribution in [0.15, 0.2) is 121 Å². The van der Waals surface area contributed by atoms with Crippen molar-refractivity contribution in [3.05, 3.63) is 217 Å². The van der Waals surface area contributed by atoms with E-state index in [1.807, 2.05) is 77.9 Å². The Bertz CT molecular complexity index is 4240. The van der Waals surface area contributed by atoms with Crippen LogP contribution in [-0.4, -0.2) is 119 Å². The number of anilines is 1. The number of carbonyl (C=O) groups is 4. The minimum absolute atomic E-state index is 0. The van der Waals surface area contributed by atoms with Gasteiger partial charge >= 0.3 is 24.8 Å². The summed E-state index contributed by atoms with van der Waals surface area (Å²) in [6, 6.07) is 31.3. The molecule has 0 spiro atoms. The van der Waals surface area contributed by atoms with Gasteiger partial charge in [0.2, 0.25) is 0 Å². The van der Waals surface area contributed by atoms with E-state index in [1.54, 1.807) is 6.07 Å². The van der Waals surface area contributed by atoms with Gasteiger partial charge < -0.3 is 48.0 Å². The number of nitrogen functional groups attached to an aromatic ring is 1. The number of halogens is 4. The average Bonchev–Trinajstić information content (AvgIpc) is 0.839. The fraction of sp³-hybridized carbons (Fsp3) is 0.368. The van der Waals surface area contributed by atoms with Gasteiger partial charge in [-0.2, -0.15) is 6.42 Å². The summed E-state index contributed by atoms with van der Waals surface area (Å²) in [7, 11) is -4.90. The summed E-state index contributed by atoms with van der Waals surface area (Å²) in [6.45, 7) is 53.4. The van der Waals surface area contributed by atoms with Gasteiger partial charge in [0.1, 0.15) is 59.6 Å². The number of unbranched alkanes of at least 4 members (excludes halogenated alkanes) is 1. The maximum absolute atomic E-state index is 11.1. The van der Waals surface area contributed by atoms with Gasteiger partial charge in [0.15, 0.2) is 12.6 Å². The third kappa shape index (κ3) is 46.2. The number of carboxylic acid groups (broad SMARTS) is 1. The number of terminal acetylenes is 1. The third-order valence-electron chi connectivity index (χ3n) is 15.0. The summed E-state index contributed by atoms with van der Waals surface area (Å²) in [5.74, 6) is 10.7. The number of phenols is 4. The molecular weight excluding hydrogens is 1690 g/mol. The van der Waals surface area contributed by atoms with E-state index in [1.165, 1.54) is 56.9 Å². The molecule has 7 aromatic rings. The summed E-state index contributed by atoms with van der Waals surface area (Å²) in [5.41, 5.74) is 31.4. The predicted molar refractivity (Wildman–Crippen MR) is 477 cm³/mol. The maximum atomic E-state index is 11.1. The molecule has 0 saturated carbocycles. The van der Waals surface area contributed by atoms with Gasteiger partial charge in [-0.05, 0) is 193 Å². The zero-order valence-corrected chi connectivity index (χ0v) is 78.6. The number of aromatic hydroxyl groups is 4. The fourth-order valence-electron chi connectivity index (χ4n) is 8.89. The molecule has 0 amide bonds. The smallest absolute Gasteiger partial charge is 0.508 e. The normalized spacial score (nSPS) is 11.5. The summed E-state index contributed by atoms with van der Waals surface area (Å²) < 4.78 is 8.88. The second kappa shape index (κ2) is 52.7. The van der Waals surface area contributed by atoms with E-state index in [0.717, 1.165) is 129 Å². The van der Waals surface area contributed by atoms with E-state index in [2.05, 4.69) is 246 Å². The number of carboxylic acids is 1. The van der Waals surface area contributed by atoms with E-state index >= 15 is 0 Å². The van der Waals surface area contributed by atoms with Crippen molar-refractivity contribution >= 4 is 127 Å². The molecule has 1 atom stereocenters. The predicted octanol–water partition coefficient (Wildman–Crippen LogP) is 19.0. The molecule has 1 aliphatic rings. The Kier molecular flexibility index (Phi) is 50.6. The fourth-order valence-corrected chi connectivity index (χ4v) is 12.8. The number of benzene rings is 7. The molecule has 1 heterocycles. The Labute approximate surface area is 702 Å². The number of rotatable bonds is 11. The van der Waals surface area contributed by atoms with Crippen molar-refractivity contribution in [3.63, 3.8) is 0 Å². The van der Waals surface area contributed by atoms with E-state index in [4.69, 9.17) is 42.4 Å². The molecule has 1 unspecified atom stereocenters. The van der Waals surface area contributed by atoms with Crippen LogP contribution in [0.25, 0.3) is 0 Å². The van der Waals surface area contributed by atoms with Crippen molar-refractivity contribution in [2.24, 2.45) is 0 Å². The number of nitrogens with two attached hydrogens (primary N) is 1. The zero-order chi connectivity index (χ0) is 83.0. The SMILES string of the molecule is C#CC[Si](C)(C)C.Cc1cc(C)c(C(=O)O)cc1CC#C[Si](C)(C)C.Cc1cc(C)c(C(O)C#C[Si](C)(C)C)cc1Br.Cc1cc(C)c(C=O)cc1Br.Cc1cc(C)c(CC#C[Si](C)(C)C)cc1Br.Nc1ccc(CN2CCOCC2)cc1.O=Cc1cc(Br)c(O)cc1O.O=Cc1ccc(O)cc1O.[CH2-]CCC.[Li+]. The molecule has 1 saturated heterocycles. The molecule has 8 N–H and O–H groups in total. The summed E-state index contributed by atoms with van der Waals surface area (Å²) in [4.78, 5) is 44.3. The van der Waals surface area contributed by atoms with Crippen molar-refractivity contribution in [2.45, 2.75) is 185 Å². The van der Waals surface area contributed by atoms with Crippen molar-refractivity contribution < 1.29 is 73.4 Å². The quantitative estimate of drug-likeness (QED) is 0.0210. The average molecular weight is 1800 g/mol. The van der Waals surface area contributed by atoms with Crippen LogP contribution in [0.1, 0.15) is 134 Å². The van der Waals surface area contributed by atoms with E-state index in [9.17, 15) is 24.3 Å². The Morgan fingerprint density at radius 3 is 1.42 bits per heavy atom. The van der Waals surface area contributed by atoms with Gasteiger partial charge in [-0.15, -0.1) is 40.8 Å². The number of aldehydes is 3. The summed E-state index contributed by atoms with van der Waals surface area (Å²) >= 11 is 13.4. The molecule has 1 fully saturated rings. The largest absolute Gasteiger partial charge is 1.00 e. The van der Waals surface area contributed by atoms with Gasteiger partial charge in [-0.3, -0.25) is 19.3 Å². The van der Waals surface area contributed by atoms with Crippen molar-refractivity contribution in [2.75, 3.05) is 32.0 Å². The van der Waals surface area contributed by atoms with Crippen molar-refractivity contribution in [3.8, 4) is 69.7 Å². The van der Waals surface area contributed by atoms with Gasteiger partial charge in [-0.1, -0.05) is 182 Å². The molecule has 0 aliphatic carbocycles. The van der Waals surface area contributed by atoms with Crippen LogP contribution in [0.3, 0.4) is 0 Å². The second-order valence-electron chi connectivity index (χ2n) is 30.1. The summed E-state index contributed by atoms with van der Waals surface area (Å²) in [5, 5.41) is 54.9. The first-order valence-corrected chi connectivity index (χ1v) is 52.7. The number of hydrogen-bond donors (Lipinski definition) is 7. The molecule has 0 aromatic heterocycles. The molecule has 22 heteroatoms. The molecule has 0 radical (unpaired) electrons. The standard InChI is InChI=1S/C15H20O2Si.C14H19BrOSi.C14H19BrSi.C11H16N2O.C9H9BrO.C7H5BrO3.C7H6O3.C6H12Si.C4H9.Li/c1-11-9-12(2)14(15(16)17)10-13(11)7-6-8-18(3,4)5;1-10-8-11(2)13(15)9-12(10)14(16)6-7-17(3,4)5;1-11-9-12(2)14(15)10-13(11)7-6-8-16(3,4)5;12-11-3-1-10(2-4-11)9-13-5-7-14-8-6-13;1-6-3-7(2)9(10)4-8(6)5-11;8-5-1-4(3-9)6(10)2-7(5)11;8-4-5-1-2-6(9)3-7(5)10;1-5-6-7(2,3)4;1-3-4-2;/h9-10H,7H2,1-5H3,(H,16,17);8-9,14,16H,1-5H3;9-10H,7H2,1-5H3;1-4H,5-9,12H2;3-5H,1-2H3;1-3,10-11H;1-4,9-10H;1H,6H2,2-4H3;1,3-4H2,2H3;/q;;;;;;;;-1;+1. The number of aromatic carboxylic acids is 1. The first kappa shape index (κ1) is 105. The Balaban J connectivity index is 0. The van der Waals surface area contributed by atoms with Gasteiger partial charge in [0.25, 0.3) is 0 Å². The maximum Gasteiger partial charge on any atom is 1.00 e. The van der Waals surface area contributed by atoms with Gasteiger partial charge in [-0.25, -0.2) is 4.79 Å². The Morgan fingerprint density at radius 2 is 0.991 bits per heavy atom. The van der Waals surface area contributed by atoms with Gasteiger partial charge in [0, 0.05) is 75.3 Å². The third-order valence-corrected chi connectivity index (χ3v) is 22.2. The number of aryl methyl sites for hydroxylation is 8. The molecule has 8 rings (SSSR count). The number of nitrogens with zero attached hydrogens (tertiary/aromatic N) is 1. The Morgan fingerprint density at radius 1 is 0.560 bits per heavy atom. The molecule has 13 nitrogen and oxygen atoms in total. The molecule has 1 aliphatic heterocycles. The van der Waals surface area contributed by atoms with Crippen molar-refractivity contribution in [1.29, 1.82) is 0 Å². The Hall–Kier alpha value is -6.48. The van der Waals surface area contributed by atoms with Crippen LogP contribution >= 0.6 is 63.7 Å². The van der Waals surface area contributed by atoms with Gasteiger partial charge in [0.05, 0.1) is 42.5 Å². The van der Waals surface area contributed by atoms with Crippen LogP contribution < -0.4 is 24.6 Å². The monoisotopic (exact) mass is 1800 g/mol. The van der Waals surface area contributed by atoms with E-state index < -0.39 is 44.4 Å². The first-order chi connectivity index (χ1) is 50.1. The second-order valence-corrected chi connectivity index (χ2v) is 53.2. The first-order valence-electron chi connectivity index (χ1n) is 35.4. The summed E-state index contributed by atoms with van der Waals surface area (Å²) in [6.07, 6.45) is 10.1. The van der Waals surface area contributed by atoms with Crippen LogP contribution in [0.2, 0.25) is 84.6 Å². The number of morpholine rings is 1. The van der Waals surface area contributed by atoms with Crippen LogP contribution in [-0.2, 0) is 24.1 Å². The van der Waals surface area contributed by atoms with Crippen molar-refractivity contribution in [1.82, 2.24) is 4.90 Å². The van der Waals surface area contributed by atoms with E-state index in [0.29, 0.717) is 29.0 Å². The minimum Gasteiger partial charge on any atom is -0.508 e. The minimum atomic E-state index is -1.43. The molecular formula is C87H115Br4LiN2O11Si4. The number of ether oxygens (including phenoxy) is 1. The topological polar surface area (TPSA) is 228 Å². The number of phenolic OH excluding ortho intramolecular Hbond substituents is 4. The zero-order valence-electron chi connectivity index (χ0n) is 68.2. The molecule has 584 valence electrons. The number of aliphatic hydroxyl groups excluding tert-OH is 1. The number of carbonyl (C=O) groups excluding carboxylic acids is 3. The number of hydrogen-bond acceptors (Lipinski definition) is 12. The van der Waals surface area contributed by atoms with Crippen LogP contribution in [0.4, 0.5) is 5.69 Å². The van der Waals surface area contributed by atoms with E-state index in [-0.39, 0.29) is 53.0 Å².